The van der Waals surface area contributed by atoms with Crippen molar-refractivity contribution < 1.29 is 4.92 Å². The lowest BCUT2D eigenvalue weighted by Gasteiger charge is -2.16. The van der Waals surface area contributed by atoms with Crippen molar-refractivity contribution in [2.45, 2.75) is 32.7 Å². The second-order valence-corrected chi connectivity index (χ2v) is 4.50. The molecule has 0 spiro atoms. The molecule has 6 heteroatoms. The fourth-order valence-electron chi connectivity index (χ4n) is 1.56. The van der Waals surface area contributed by atoms with Crippen LogP contribution in [0.4, 0.5) is 11.4 Å². The van der Waals surface area contributed by atoms with Gasteiger partial charge in [-0.25, -0.2) is 0 Å². The largest absolute Gasteiger partial charge is 0.360 e. The highest BCUT2D eigenvalue weighted by Crippen LogP contribution is 2.15. The zero-order chi connectivity index (χ0) is 13.5. The highest BCUT2D eigenvalue weighted by Gasteiger charge is 2.06. The molecule has 1 atom stereocenters. The highest BCUT2D eigenvalue weighted by atomic mass is 32.1. The third-order valence-electron chi connectivity index (χ3n) is 2.44. The van der Waals surface area contributed by atoms with Gasteiger partial charge in [0.25, 0.3) is 5.69 Å². The Labute approximate surface area is 112 Å². The van der Waals surface area contributed by atoms with Gasteiger partial charge in [-0.3, -0.25) is 10.1 Å². The van der Waals surface area contributed by atoms with Crippen molar-refractivity contribution in [2.24, 2.45) is 0 Å². The van der Waals surface area contributed by atoms with Gasteiger partial charge in [0, 0.05) is 23.9 Å². The van der Waals surface area contributed by atoms with E-state index < -0.39 is 4.92 Å². The summed E-state index contributed by atoms with van der Waals surface area (Å²) in [6, 6.07) is 6.47. The molecule has 2 N–H and O–H groups in total. The number of nitro groups is 1. The minimum Gasteiger partial charge on any atom is -0.360 e. The maximum absolute atomic E-state index is 10.5. The molecule has 5 nitrogen and oxygen atoms in total. The van der Waals surface area contributed by atoms with E-state index in [0.717, 1.165) is 18.5 Å². The van der Waals surface area contributed by atoms with Gasteiger partial charge < -0.3 is 10.6 Å². The Morgan fingerprint density at radius 1 is 1.44 bits per heavy atom. The SMILES string of the molecule is CCCC(C)NC(=S)Nc1ccc([N+](=O)[O-])cc1. The molecule has 1 aromatic rings. The molecule has 0 aliphatic carbocycles. The van der Waals surface area contributed by atoms with E-state index in [-0.39, 0.29) is 5.69 Å². The summed E-state index contributed by atoms with van der Waals surface area (Å²) in [4.78, 5) is 10.1. The van der Waals surface area contributed by atoms with Crippen molar-refractivity contribution >= 4 is 28.7 Å². The van der Waals surface area contributed by atoms with Crippen molar-refractivity contribution in [1.82, 2.24) is 5.32 Å². The van der Waals surface area contributed by atoms with Crippen LogP contribution in [-0.4, -0.2) is 16.1 Å². The number of thiocarbonyl (C=S) groups is 1. The lowest BCUT2D eigenvalue weighted by molar-refractivity contribution is -0.384. The molecule has 0 aliphatic rings. The molecular weight excluding hydrogens is 250 g/mol. The Balaban J connectivity index is 2.51. The summed E-state index contributed by atoms with van der Waals surface area (Å²) in [5.41, 5.74) is 0.806. The smallest absolute Gasteiger partial charge is 0.269 e. The minimum absolute atomic E-state index is 0.0683. The van der Waals surface area contributed by atoms with E-state index in [0.29, 0.717) is 11.2 Å². The number of nitrogens with one attached hydrogen (secondary N) is 2. The van der Waals surface area contributed by atoms with Gasteiger partial charge in [0.05, 0.1) is 4.92 Å². The second-order valence-electron chi connectivity index (χ2n) is 4.09. The molecule has 1 rings (SSSR count). The van der Waals surface area contributed by atoms with E-state index in [1.165, 1.54) is 12.1 Å². The zero-order valence-electron chi connectivity index (χ0n) is 10.5. The number of rotatable bonds is 5. The van der Waals surface area contributed by atoms with Crippen molar-refractivity contribution in [3.8, 4) is 0 Å². The summed E-state index contributed by atoms with van der Waals surface area (Å²) >= 11 is 5.15. The van der Waals surface area contributed by atoms with Crippen molar-refractivity contribution in [3.63, 3.8) is 0 Å². The quantitative estimate of drug-likeness (QED) is 0.487. The summed E-state index contributed by atoms with van der Waals surface area (Å²) in [6.45, 7) is 4.18. The van der Waals surface area contributed by atoms with Gasteiger partial charge in [-0.2, -0.15) is 0 Å². The Morgan fingerprint density at radius 2 is 2.06 bits per heavy atom. The number of non-ortho nitro benzene ring substituents is 1. The minimum atomic E-state index is -0.427. The Bertz CT molecular complexity index is 420. The van der Waals surface area contributed by atoms with E-state index in [1.54, 1.807) is 12.1 Å². The molecule has 0 bridgehead atoms. The van der Waals surface area contributed by atoms with Crippen LogP contribution in [0.3, 0.4) is 0 Å². The average Bonchev–Trinajstić information content (AvgIpc) is 2.29. The molecule has 0 amide bonds. The van der Waals surface area contributed by atoms with E-state index >= 15 is 0 Å². The van der Waals surface area contributed by atoms with Crippen LogP contribution in [0.5, 0.6) is 0 Å². The standard InChI is InChI=1S/C12H17N3O2S/c1-3-4-9(2)13-12(18)14-10-5-7-11(8-6-10)15(16)17/h5-9H,3-4H2,1-2H3,(H2,13,14,18). The van der Waals surface area contributed by atoms with Crippen LogP contribution in [0.1, 0.15) is 26.7 Å². The number of benzene rings is 1. The van der Waals surface area contributed by atoms with Crippen LogP contribution in [-0.2, 0) is 0 Å². The van der Waals surface area contributed by atoms with Gasteiger partial charge >= 0.3 is 0 Å². The predicted octanol–water partition coefficient (Wildman–Crippen LogP) is 3.07. The lowest BCUT2D eigenvalue weighted by atomic mass is 10.2. The fraction of sp³-hybridized carbons (Fsp3) is 0.417. The van der Waals surface area contributed by atoms with Crippen molar-refractivity contribution in [2.75, 3.05) is 5.32 Å². The summed E-state index contributed by atoms with van der Waals surface area (Å²) in [5, 5.41) is 17.2. The van der Waals surface area contributed by atoms with Gasteiger partial charge in [-0.05, 0) is 37.7 Å². The molecule has 18 heavy (non-hydrogen) atoms. The molecule has 0 aliphatic heterocycles. The first-order chi connectivity index (χ1) is 8.52. The number of hydrogen-bond donors (Lipinski definition) is 2. The molecule has 0 fully saturated rings. The maximum Gasteiger partial charge on any atom is 0.269 e. The molecule has 0 saturated heterocycles. The van der Waals surface area contributed by atoms with Crippen LogP contribution in [0.15, 0.2) is 24.3 Å². The fourth-order valence-corrected chi connectivity index (χ4v) is 1.88. The van der Waals surface area contributed by atoms with Gasteiger partial charge in [-0.1, -0.05) is 13.3 Å². The molecule has 98 valence electrons. The van der Waals surface area contributed by atoms with Crippen LogP contribution < -0.4 is 10.6 Å². The second kappa shape index (κ2) is 6.90. The van der Waals surface area contributed by atoms with Gasteiger partial charge in [0.15, 0.2) is 5.11 Å². The maximum atomic E-state index is 10.5. The van der Waals surface area contributed by atoms with Gasteiger partial charge in [-0.15, -0.1) is 0 Å². The van der Waals surface area contributed by atoms with Crippen molar-refractivity contribution in [1.29, 1.82) is 0 Å². The Hall–Kier alpha value is -1.69. The zero-order valence-corrected chi connectivity index (χ0v) is 11.3. The number of anilines is 1. The van der Waals surface area contributed by atoms with E-state index in [4.69, 9.17) is 12.2 Å². The van der Waals surface area contributed by atoms with Crippen LogP contribution >= 0.6 is 12.2 Å². The predicted molar refractivity (Wildman–Crippen MR) is 76.8 cm³/mol. The summed E-state index contributed by atoms with van der Waals surface area (Å²) in [7, 11) is 0. The van der Waals surface area contributed by atoms with Crippen molar-refractivity contribution in [3.05, 3.63) is 34.4 Å². The third kappa shape index (κ3) is 4.67. The Morgan fingerprint density at radius 3 is 2.56 bits per heavy atom. The summed E-state index contributed by atoms with van der Waals surface area (Å²) in [5.74, 6) is 0. The molecule has 0 radical (unpaired) electrons. The van der Waals surface area contributed by atoms with E-state index in [1.807, 2.05) is 0 Å². The molecule has 1 unspecified atom stereocenters. The topological polar surface area (TPSA) is 67.2 Å². The average molecular weight is 267 g/mol. The monoisotopic (exact) mass is 267 g/mol. The number of nitro benzene ring substituents is 1. The molecule has 0 heterocycles. The van der Waals surface area contributed by atoms with Crippen LogP contribution in [0.2, 0.25) is 0 Å². The normalized spacial score (nSPS) is 11.7. The number of hydrogen-bond acceptors (Lipinski definition) is 3. The molecule has 0 saturated carbocycles. The van der Waals surface area contributed by atoms with Gasteiger partial charge in [0.1, 0.15) is 0 Å². The van der Waals surface area contributed by atoms with Crippen LogP contribution in [0.25, 0.3) is 0 Å². The molecular formula is C12H17N3O2S. The van der Waals surface area contributed by atoms with Gasteiger partial charge in [0.2, 0.25) is 0 Å². The first-order valence-electron chi connectivity index (χ1n) is 5.85. The molecule has 1 aromatic carbocycles. The first-order valence-corrected chi connectivity index (χ1v) is 6.25. The van der Waals surface area contributed by atoms with E-state index in [9.17, 15) is 10.1 Å². The Kier molecular flexibility index (Phi) is 5.51. The third-order valence-corrected chi connectivity index (χ3v) is 2.66. The first kappa shape index (κ1) is 14.4. The number of nitrogens with zero attached hydrogens (tertiary/aromatic N) is 1. The van der Waals surface area contributed by atoms with Crippen LogP contribution in [0, 0.1) is 10.1 Å². The van der Waals surface area contributed by atoms with E-state index in [2.05, 4.69) is 24.5 Å². The molecule has 0 aromatic heterocycles. The summed E-state index contributed by atoms with van der Waals surface area (Å²) < 4.78 is 0. The summed E-state index contributed by atoms with van der Waals surface area (Å²) in [6.07, 6.45) is 2.14. The lowest BCUT2D eigenvalue weighted by Crippen LogP contribution is -2.35. The highest BCUT2D eigenvalue weighted by molar-refractivity contribution is 7.80.